The topological polar surface area (TPSA) is 73.7 Å². The summed E-state index contributed by atoms with van der Waals surface area (Å²) >= 11 is 0. The molecule has 4 rings (SSSR count). The summed E-state index contributed by atoms with van der Waals surface area (Å²) in [6.45, 7) is 5.18. The van der Waals surface area contributed by atoms with Crippen molar-refractivity contribution in [1.82, 2.24) is 14.7 Å². The fraction of sp³-hybridized carbons (Fsp3) is 0.500. The molecule has 2 saturated heterocycles. The van der Waals surface area contributed by atoms with Crippen LogP contribution in [-0.2, 0) is 16.1 Å². The molecule has 0 spiro atoms. The third-order valence-electron chi connectivity index (χ3n) is 5.72. The molecule has 2 aliphatic rings. The van der Waals surface area contributed by atoms with E-state index in [9.17, 15) is 9.59 Å². The van der Waals surface area contributed by atoms with Crippen molar-refractivity contribution in [2.75, 3.05) is 13.2 Å². The lowest BCUT2D eigenvalue weighted by molar-refractivity contribution is -0.0755. The summed E-state index contributed by atoms with van der Waals surface area (Å²) in [5.41, 5.74) is 1.59. The zero-order valence-electron chi connectivity index (χ0n) is 16.9. The van der Waals surface area contributed by atoms with Gasteiger partial charge in [0.05, 0.1) is 37.1 Å². The lowest BCUT2D eigenvalue weighted by Crippen LogP contribution is -2.59. The third-order valence-corrected chi connectivity index (χ3v) is 5.72. The van der Waals surface area contributed by atoms with Gasteiger partial charge in [-0.15, -0.1) is 0 Å². The molecule has 7 nitrogen and oxygen atoms in total. The van der Waals surface area contributed by atoms with E-state index in [0.717, 1.165) is 5.56 Å². The van der Waals surface area contributed by atoms with Gasteiger partial charge < -0.3 is 9.47 Å². The van der Waals surface area contributed by atoms with E-state index in [1.54, 1.807) is 15.8 Å². The molecule has 2 bridgehead atoms. The predicted octanol–water partition coefficient (Wildman–Crippen LogP) is 3.46. The van der Waals surface area contributed by atoms with Gasteiger partial charge in [0.2, 0.25) is 0 Å². The summed E-state index contributed by atoms with van der Waals surface area (Å²) < 4.78 is 13.0. The molecule has 1 amide bonds. The molecule has 2 atom stereocenters. The second kappa shape index (κ2) is 8.37. The molecule has 3 heterocycles. The minimum absolute atomic E-state index is 0.103. The van der Waals surface area contributed by atoms with Gasteiger partial charge >= 0.3 is 6.09 Å². The van der Waals surface area contributed by atoms with Crippen molar-refractivity contribution in [3.63, 3.8) is 0 Å². The van der Waals surface area contributed by atoms with Crippen molar-refractivity contribution < 1.29 is 19.1 Å². The Bertz CT molecular complexity index is 850. The normalized spacial score (nSPS) is 23.8. The number of rotatable bonds is 5. The number of ketones is 1. The number of hydrogen-bond donors (Lipinski definition) is 0. The Morgan fingerprint density at radius 1 is 1.17 bits per heavy atom. The van der Waals surface area contributed by atoms with E-state index in [1.165, 1.54) is 0 Å². The number of morpholine rings is 1. The number of hydrogen-bond acceptors (Lipinski definition) is 5. The van der Waals surface area contributed by atoms with E-state index in [1.807, 2.05) is 50.4 Å². The summed E-state index contributed by atoms with van der Waals surface area (Å²) in [6, 6.07) is 9.57. The van der Waals surface area contributed by atoms with Crippen molar-refractivity contribution in [3.8, 4) is 0 Å². The van der Waals surface area contributed by atoms with Crippen LogP contribution in [0.1, 0.15) is 48.7 Å². The van der Waals surface area contributed by atoms with Crippen molar-refractivity contribution in [2.24, 2.45) is 5.92 Å². The van der Waals surface area contributed by atoms with Crippen LogP contribution in [-0.4, -0.2) is 51.9 Å². The Labute approximate surface area is 170 Å². The van der Waals surface area contributed by atoms with Crippen LogP contribution in [0.5, 0.6) is 0 Å². The molecule has 154 valence electrons. The van der Waals surface area contributed by atoms with Crippen LogP contribution in [0.15, 0.2) is 42.7 Å². The van der Waals surface area contributed by atoms with Crippen LogP contribution in [0.3, 0.4) is 0 Å². The van der Waals surface area contributed by atoms with E-state index in [2.05, 4.69) is 5.10 Å². The predicted molar refractivity (Wildman–Crippen MR) is 107 cm³/mol. The van der Waals surface area contributed by atoms with Gasteiger partial charge in [0.1, 0.15) is 6.61 Å². The quantitative estimate of drug-likeness (QED) is 0.723. The summed E-state index contributed by atoms with van der Waals surface area (Å²) in [5, 5.41) is 4.29. The van der Waals surface area contributed by atoms with E-state index >= 15 is 0 Å². The summed E-state index contributed by atoms with van der Waals surface area (Å²) in [4.78, 5) is 27.6. The van der Waals surface area contributed by atoms with Gasteiger partial charge in [0, 0.05) is 18.2 Å². The van der Waals surface area contributed by atoms with Crippen molar-refractivity contribution in [1.29, 1.82) is 0 Å². The first-order valence-electron chi connectivity index (χ1n) is 10.2. The number of nitrogens with zero attached hydrogens (tertiary/aromatic N) is 3. The highest BCUT2D eigenvalue weighted by molar-refractivity contribution is 5.97. The third kappa shape index (κ3) is 4.19. The van der Waals surface area contributed by atoms with Crippen molar-refractivity contribution in [2.45, 2.75) is 51.4 Å². The number of benzene rings is 1. The first kappa shape index (κ1) is 19.6. The number of ether oxygens (including phenoxy) is 2. The first-order chi connectivity index (χ1) is 14.0. The smallest absolute Gasteiger partial charge is 0.410 e. The first-order valence-corrected chi connectivity index (χ1v) is 10.2. The minimum atomic E-state index is -0.328. The number of piperidine rings is 1. The fourth-order valence-electron chi connectivity index (χ4n) is 4.20. The minimum Gasteiger partial charge on any atom is -0.445 e. The summed E-state index contributed by atoms with van der Waals surface area (Å²) in [7, 11) is 0. The zero-order chi connectivity index (χ0) is 20.4. The molecular weight excluding hydrogens is 370 g/mol. The van der Waals surface area contributed by atoms with Gasteiger partial charge in [-0.1, -0.05) is 30.3 Å². The fourth-order valence-corrected chi connectivity index (χ4v) is 4.20. The Hall–Kier alpha value is -2.67. The van der Waals surface area contributed by atoms with Gasteiger partial charge in [-0.05, 0) is 32.3 Å². The highest BCUT2D eigenvalue weighted by Crippen LogP contribution is 2.34. The maximum Gasteiger partial charge on any atom is 0.410 e. The zero-order valence-corrected chi connectivity index (χ0v) is 16.9. The maximum absolute atomic E-state index is 13.0. The average molecular weight is 397 g/mol. The van der Waals surface area contributed by atoms with Gasteiger partial charge in [0.25, 0.3) is 0 Å². The van der Waals surface area contributed by atoms with Gasteiger partial charge in [-0.3, -0.25) is 14.4 Å². The molecule has 1 aromatic heterocycles. The number of carbonyl (C=O) groups excluding carboxylic acids is 2. The van der Waals surface area contributed by atoms with Gasteiger partial charge in [-0.2, -0.15) is 5.10 Å². The Kier molecular flexibility index (Phi) is 5.67. The van der Waals surface area contributed by atoms with Gasteiger partial charge in [-0.25, -0.2) is 4.79 Å². The monoisotopic (exact) mass is 397 g/mol. The second-order valence-corrected chi connectivity index (χ2v) is 8.13. The molecule has 2 unspecified atom stereocenters. The molecule has 2 fully saturated rings. The number of carbonyl (C=O) groups is 2. The maximum atomic E-state index is 13.0. The van der Waals surface area contributed by atoms with Crippen LogP contribution >= 0.6 is 0 Å². The molecule has 0 N–H and O–H groups in total. The molecule has 1 aromatic carbocycles. The lowest BCUT2D eigenvalue weighted by Gasteiger charge is -2.47. The van der Waals surface area contributed by atoms with Gasteiger partial charge in [0.15, 0.2) is 5.78 Å². The summed E-state index contributed by atoms with van der Waals surface area (Å²) in [6.07, 6.45) is 4.31. The average Bonchev–Trinajstić information content (AvgIpc) is 3.22. The van der Waals surface area contributed by atoms with E-state index < -0.39 is 0 Å². The molecular formula is C22H27N3O4. The molecule has 29 heavy (non-hydrogen) atoms. The molecule has 2 aliphatic heterocycles. The summed E-state index contributed by atoms with van der Waals surface area (Å²) in [5.74, 6) is -0.0250. The Balaban J connectivity index is 1.41. The molecule has 2 aromatic rings. The number of amides is 1. The number of fused-ring (bicyclic) bond motifs is 2. The number of aromatic nitrogens is 2. The highest BCUT2D eigenvalue weighted by Gasteiger charge is 2.44. The molecule has 7 heteroatoms. The SMILES string of the molecule is CC(C)n1cc(C(=O)C2CC3COCC(C2)N3C(=O)OCc2ccccc2)cn1. The Morgan fingerprint density at radius 2 is 1.86 bits per heavy atom. The molecule has 0 aliphatic carbocycles. The highest BCUT2D eigenvalue weighted by atomic mass is 16.6. The van der Waals surface area contributed by atoms with E-state index in [0.29, 0.717) is 31.6 Å². The van der Waals surface area contributed by atoms with Crippen LogP contribution < -0.4 is 0 Å². The Morgan fingerprint density at radius 3 is 2.48 bits per heavy atom. The van der Waals surface area contributed by atoms with E-state index in [4.69, 9.17) is 9.47 Å². The number of Topliss-reactive ketones (excluding diaryl/α,β-unsaturated/α-hetero) is 1. The second-order valence-electron chi connectivity index (χ2n) is 8.13. The van der Waals surface area contributed by atoms with Crippen LogP contribution in [0.25, 0.3) is 0 Å². The van der Waals surface area contributed by atoms with Crippen molar-refractivity contribution in [3.05, 3.63) is 53.9 Å². The van der Waals surface area contributed by atoms with Crippen LogP contribution in [0.2, 0.25) is 0 Å². The largest absolute Gasteiger partial charge is 0.445 e. The standard InChI is InChI=1S/C22H27N3O4/c1-15(2)24-11-18(10-23-24)21(26)17-8-19-13-28-14-20(9-17)25(19)22(27)29-12-16-6-4-3-5-7-16/h3-7,10-11,15,17,19-20H,8-9,12-14H2,1-2H3. The van der Waals surface area contributed by atoms with E-state index in [-0.39, 0.29) is 42.5 Å². The molecule has 0 radical (unpaired) electrons. The van der Waals surface area contributed by atoms with Crippen molar-refractivity contribution >= 4 is 11.9 Å². The lowest BCUT2D eigenvalue weighted by atomic mass is 9.81. The van der Waals surface area contributed by atoms with Crippen LogP contribution in [0.4, 0.5) is 4.79 Å². The van der Waals surface area contributed by atoms with Crippen LogP contribution in [0, 0.1) is 5.92 Å². The molecule has 0 saturated carbocycles.